The van der Waals surface area contributed by atoms with E-state index in [0.717, 1.165) is 50.3 Å². The van der Waals surface area contributed by atoms with E-state index in [-0.39, 0.29) is 0 Å². The molecule has 2 N–H and O–H groups in total. The van der Waals surface area contributed by atoms with Crippen LogP contribution < -0.4 is 10.6 Å². The summed E-state index contributed by atoms with van der Waals surface area (Å²) in [6.07, 6.45) is 1.96. The fraction of sp³-hybridized carbons (Fsp3) is 0.381. The van der Waals surface area contributed by atoms with Crippen molar-refractivity contribution in [3.05, 3.63) is 65.6 Å². The van der Waals surface area contributed by atoms with Crippen molar-refractivity contribution in [3.63, 3.8) is 0 Å². The van der Waals surface area contributed by atoms with Gasteiger partial charge in [0.05, 0.1) is 19.8 Å². The van der Waals surface area contributed by atoms with Gasteiger partial charge in [-0.2, -0.15) is 0 Å². The van der Waals surface area contributed by atoms with E-state index in [4.69, 9.17) is 4.74 Å². The van der Waals surface area contributed by atoms with Crippen molar-refractivity contribution in [1.29, 1.82) is 0 Å². The van der Waals surface area contributed by atoms with Crippen LogP contribution in [0.25, 0.3) is 5.65 Å². The molecule has 8 heteroatoms. The fourth-order valence-electron chi connectivity index (χ4n) is 3.46. The summed E-state index contributed by atoms with van der Waals surface area (Å²) in [6, 6.07) is 14.4. The van der Waals surface area contributed by atoms with Gasteiger partial charge in [0.2, 0.25) is 0 Å². The van der Waals surface area contributed by atoms with Gasteiger partial charge in [0.25, 0.3) is 0 Å². The Morgan fingerprint density at radius 1 is 1.00 bits per heavy atom. The number of nitrogens with zero attached hydrogens (tertiary/aromatic N) is 5. The van der Waals surface area contributed by atoms with E-state index in [1.807, 2.05) is 28.8 Å². The van der Waals surface area contributed by atoms with Crippen LogP contribution in [0.15, 0.2) is 53.7 Å². The summed E-state index contributed by atoms with van der Waals surface area (Å²) < 4.78 is 7.43. The van der Waals surface area contributed by atoms with Crippen LogP contribution in [0.1, 0.15) is 17.0 Å². The van der Waals surface area contributed by atoms with Gasteiger partial charge in [-0.3, -0.25) is 14.3 Å². The van der Waals surface area contributed by atoms with Gasteiger partial charge >= 0.3 is 0 Å². The number of guanidine groups is 1. The highest BCUT2D eigenvalue weighted by Gasteiger charge is 2.13. The molecule has 1 fully saturated rings. The molecular formula is C21H27N7O. The monoisotopic (exact) mass is 393 g/mol. The number of pyridine rings is 1. The third kappa shape index (κ3) is 4.90. The Labute approximate surface area is 170 Å². The molecule has 1 aromatic carbocycles. The number of hydrogen-bond donors (Lipinski definition) is 2. The highest BCUT2D eigenvalue weighted by Crippen LogP contribution is 2.13. The van der Waals surface area contributed by atoms with E-state index in [0.29, 0.717) is 13.1 Å². The lowest BCUT2D eigenvalue weighted by atomic mass is 10.1. The summed E-state index contributed by atoms with van der Waals surface area (Å²) in [7, 11) is 1.77. The molecule has 0 radical (unpaired) electrons. The minimum atomic E-state index is 0.542. The molecule has 29 heavy (non-hydrogen) atoms. The predicted octanol–water partition coefficient (Wildman–Crippen LogP) is 1.43. The van der Waals surface area contributed by atoms with Gasteiger partial charge in [0.1, 0.15) is 0 Å². The molecular weight excluding hydrogens is 366 g/mol. The molecule has 2 aromatic heterocycles. The first kappa shape index (κ1) is 19.4. The lowest BCUT2D eigenvalue weighted by Crippen LogP contribution is -2.38. The summed E-state index contributed by atoms with van der Waals surface area (Å²) in [6.45, 7) is 5.79. The average molecular weight is 393 g/mol. The number of morpholine rings is 1. The maximum Gasteiger partial charge on any atom is 0.191 e. The number of hydrogen-bond acceptors (Lipinski definition) is 5. The molecule has 0 atom stereocenters. The van der Waals surface area contributed by atoms with Gasteiger partial charge in [-0.15, -0.1) is 10.2 Å². The molecule has 3 heterocycles. The van der Waals surface area contributed by atoms with Crippen LogP contribution in [0.3, 0.4) is 0 Å². The first-order chi connectivity index (χ1) is 14.3. The van der Waals surface area contributed by atoms with Crippen molar-refractivity contribution in [1.82, 2.24) is 30.1 Å². The molecule has 0 unspecified atom stereocenters. The second-order valence-corrected chi connectivity index (χ2v) is 6.98. The summed E-state index contributed by atoms with van der Waals surface area (Å²) in [5.41, 5.74) is 3.44. The van der Waals surface area contributed by atoms with Gasteiger partial charge < -0.3 is 15.4 Å². The Bertz CT molecular complexity index is 962. The topological polar surface area (TPSA) is 79.1 Å². The van der Waals surface area contributed by atoms with E-state index in [2.05, 4.69) is 55.0 Å². The van der Waals surface area contributed by atoms with Gasteiger partial charge in [-0.05, 0) is 23.3 Å². The van der Waals surface area contributed by atoms with E-state index in [9.17, 15) is 0 Å². The molecule has 8 nitrogen and oxygen atoms in total. The third-order valence-corrected chi connectivity index (χ3v) is 5.08. The van der Waals surface area contributed by atoms with E-state index in [1.54, 1.807) is 7.05 Å². The second kappa shape index (κ2) is 9.49. The lowest BCUT2D eigenvalue weighted by molar-refractivity contribution is 0.0341. The number of ether oxygens (including phenoxy) is 1. The highest BCUT2D eigenvalue weighted by molar-refractivity contribution is 5.79. The number of aliphatic imine (C=N–C) groups is 1. The molecule has 1 saturated heterocycles. The maximum absolute atomic E-state index is 5.46. The molecule has 0 saturated carbocycles. The summed E-state index contributed by atoms with van der Waals surface area (Å²) >= 11 is 0. The summed E-state index contributed by atoms with van der Waals surface area (Å²) in [5, 5.41) is 15.2. The lowest BCUT2D eigenvalue weighted by Gasteiger charge is -2.27. The Morgan fingerprint density at radius 2 is 1.76 bits per heavy atom. The van der Waals surface area contributed by atoms with Crippen molar-refractivity contribution in [2.45, 2.75) is 19.6 Å². The minimum Gasteiger partial charge on any atom is -0.379 e. The zero-order valence-corrected chi connectivity index (χ0v) is 16.7. The van der Waals surface area contributed by atoms with Crippen LogP contribution in [-0.2, 0) is 24.4 Å². The molecule has 152 valence electrons. The average Bonchev–Trinajstić information content (AvgIpc) is 3.19. The Kier molecular flexibility index (Phi) is 6.33. The smallest absolute Gasteiger partial charge is 0.191 e. The molecule has 0 spiro atoms. The first-order valence-electron chi connectivity index (χ1n) is 9.93. The Balaban J connectivity index is 1.35. The molecule has 0 aliphatic carbocycles. The van der Waals surface area contributed by atoms with Crippen molar-refractivity contribution >= 4 is 11.6 Å². The van der Waals surface area contributed by atoms with Crippen molar-refractivity contribution < 1.29 is 4.74 Å². The molecule has 1 aliphatic heterocycles. The molecule has 1 aliphatic rings. The Morgan fingerprint density at radius 3 is 2.59 bits per heavy atom. The van der Waals surface area contributed by atoms with Crippen LogP contribution in [0.4, 0.5) is 0 Å². The van der Waals surface area contributed by atoms with Gasteiger partial charge in [-0.25, -0.2) is 0 Å². The number of fused-ring (bicyclic) bond motifs is 1. The SMILES string of the molecule is CN=C(NCc1ccccc1CN1CCOCC1)NCc1nnc2ccccn12. The summed E-state index contributed by atoms with van der Waals surface area (Å²) in [4.78, 5) is 6.77. The van der Waals surface area contributed by atoms with E-state index in [1.165, 1.54) is 11.1 Å². The van der Waals surface area contributed by atoms with E-state index < -0.39 is 0 Å². The largest absolute Gasteiger partial charge is 0.379 e. The van der Waals surface area contributed by atoms with E-state index >= 15 is 0 Å². The zero-order valence-electron chi connectivity index (χ0n) is 16.7. The summed E-state index contributed by atoms with van der Waals surface area (Å²) in [5.74, 6) is 1.58. The number of nitrogens with one attached hydrogen (secondary N) is 2. The fourth-order valence-corrected chi connectivity index (χ4v) is 3.46. The zero-order chi connectivity index (χ0) is 19.9. The molecule has 3 aromatic rings. The first-order valence-corrected chi connectivity index (χ1v) is 9.93. The number of rotatable bonds is 6. The van der Waals surface area contributed by atoms with Crippen molar-refractivity contribution in [3.8, 4) is 0 Å². The van der Waals surface area contributed by atoms with Crippen LogP contribution in [0, 0.1) is 0 Å². The predicted molar refractivity (Wildman–Crippen MR) is 113 cm³/mol. The molecule has 0 bridgehead atoms. The van der Waals surface area contributed by atoms with Crippen LogP contribution in [-0.4, -0.2) is 58.8 Å². The van der Waals surface area contributed by atoms with Crippen molar-refractivity contribution in [2.75, 3.05) is 33.4 Å². The number of benzene rings is 1. The minimum absolute atomic E-state index is 0.542. The van der Waals surface area contributed by atoms with Gasteiger partial charge in [-0.1, -0.05) is 30.3 Å². The van der Waals surface area contributed by atoms with Crippen LogP contribution >= 0.6 is 0 Å². The third-order valence-electron chi connectivity index (χ3n) is 5.08. The van der Waals surface area contributed by atoms with Gasteiger partial charge in [0.15, 0.2) is 17.4 Å². The van der Waals surface area contributed by atoms with Gasteiger partial charge in [0, 0.05) is 39.4 Å². The highest BCUT2D eigenvalue weighted by atomic mass is 16.5. The Hall–Kier alpha value is -2.97. The quantitative estimate of drug-likeness (QED) is 0.487. The molecule has 0 amide bonds. The maximum atomic E-state index is 5.46. The second-order valence-electron chi connectivity index (χ2n) is 6.98. The normalized spacial score (nSPS) is 15.6. The van der Waals surface area contributed by atoms with Crippen LogP contribution in [0.5, 0.6) is 0 Å². The molecule has 4 rings (SSSR count). The number of aromatic nitrogens is 3. The van der Waals surface area contributed by atoms with Crippen LogP contribution in [0.2, 0.25) is 0 Å². The van der Waals surface area contributed by atoms with Crippen molar-refractivity contribution in [2.24, 2.45) is 4.99 Å². The standard InChI is InChI=1S/C21H27N7O/c1-22-21(24-15-20-26-25-19-8-4-5-9-28(19)20)23-14-17-6-2-3-7-18(17)16-27-10-12-29-13-11-27/h2-9H,10-16H2,1H3,(H2,22,23,24).